The van der Waals surface area contributed by atoms with Crippen LogP contribution in [-0.4, -0.2) is 11.8 Å². The van der Waals surface area contributed by atoms with Gasteiger partial charge in [0.1, 0.15) is 0 Å². The minimum atomic E-state index is -0.0937. The summed E-state index contributed by atoms with van der Waals surface area (Å²) < 4.78 is 0. The van der Waals surface area contributed by atoms with Gasteiger partial charge in [0.05, 0.1) is 6.04 Å². The minimum Gasteiger partial charge on any atom is -0.350 e. The Kier molecular flexibility index (Phi) is 7.99. The van der Waals surface area contributed by atoms with Crippen molar-refractivity contribution >= 4 is 17.5 Å². The third-order valence-electron chi connectivity index (χ3n) is 3.17. The topological polar surface area (TPSA) is 58.2 Å². The molecule has 24 heavy (non-hydrogen) atoms. The molecule has 2 aromatic carbocycles. The van der Waals surface area contributed by atoms with Crippen LogP contribution in [0.15, 0.2) is 67.2 Å². The first-order chi connectivity index (χ1) is 11.4. The molecule has 0 aliphatic heterocycles. The molecular formula is C20H26N2O2. The maximum atomic E-state index is 10.7. The van der Waals surface area contributed by atoms with E-state index in [9.17, 15) is 9.59 Å². The molecule has 2 N–H and O–H groups in total. The lowest BCUT2D eigenvalue weighted by Gasteiger charge is -2.11. The molecule has 2 aromatic rings. The first kappa shape index (κ1) is 19.2. The highest BCUT2D eigenvalue weighted by Crippen LogP contribution is 2.10. The van der Waals surface area contributed by atoms with E-state index in [-0.39, 0.29) is 19.3 Å². The van der Waals surface area contributed by atoms with Crippen LogP contribution in [0, 0.1) is 0 Å². The van der Waals surface area contributed by atoms with Gasteiger partial charge in [-0.25, -0.2) is 0 Å². The van der Waals surface area contributed by atoms with Crippen LogP contribution in [0.1, 0.15) is 39.4 Å². The Hall–Kier alpha value is -2.88. The molecule has 0 bridgehead atoms. The van der Waals surface area contributed by atoms with Crippen molar-refractivity contribution in [2.45, 2.75) is 26.8 Å². The van der Waals surface area contributed by atoms with Crippen molar-refractivity contribution in [1.29, 1.82) is 0 Å². The van der Waals surface area contributed by atoms with Crippen molar-refractivity contribution in [2.24, 2.45) is 0 Å². The van der Waals surface area contributed by atoms with Crippen LogP contribution in [0.25, 0.3) is 5.70 Å². The summed E-state index contributed by atoms with van der Waals surface area (Å²) >= 11 is 0. The zero-order valence-corrected chi connectivity index (χ0v) is 14.4. The third-order valence-corrected chi connectivity index (χ3v) is 3.17. The van der Waals surface area contributed by atoms with Gasteiger partial charge in [-0.2, -0.15) is 0 Å². The lowest BCUT2D eigenvalue weighted by atomic mass is 10.1. The summed E-state index contributed by atoms with van der Waals surface area (Å²) in [6.45, 7) is 8.70. The monoisotopic (exact) mass is 326 g/mol. The van der Waals surface area contributed by atoms with Crippen LogP contribution < -0.4 is 10.6 Å². The average molecular weight is 326 g/mol. The number of rotatable bonds is 4. The molecule has 1 atom stereocenters. The summed E-state index contributed by atoms with van der Waals surface area (Å²) in [5, 5.41) is 5.45. The number of hydrogen-bond donors (Lipinski definition) is 2. The molecule has 0 aromatic heterocycles. The zero-order valence-electron chi connectivity index (χ0n) is 14.4. The molecule has 0 aliphatic carbocycles. The van der Waals surface area contributed by atoms with Gasteiger partial charge in [0.15, 0.2) is 0 Å². The SMILES string of the molecule is C=C(NC(C)=O)c1ccccc1.CC(=O)NC(C)c1ccccc1.[HH]. The molecule has 0 saturated heterocycles. The lowest BCUT2D eigenvalue weighted by molar-refractivity contribution is -0.119. The summed E-state index contributed by atoms with van der Waals surface area (Å²) in [4.78, 5) is 21.4. The molecule has 0 radical (unpaired) electrons. The summed E-state index contributed by atoms with van der Waals surface area (Å²) in [5.74, 6) is -0.0878. The van der Waals surface area contributed by atoms with E-state index in [4.69, 9.17) is 0 Å². The van der Waals surface area contributed by atoms with Crippen LogP contribution in [0.5, 0.6) is 0 Å². The zero-order chi connectivity index (χ0) is 17.9. The quantitative estimate of drug-likeness (QED) is 0.894. The fourth-order valence-corrected chi connectivity index (χ4v) is 2.05. The summed E-state index contributed by atoms with van der Waals surface area (Å²) in [7, 11) is 0. The van der Waals surface area contributed by atoms with Crippen molar-refractivity contribution in [3.05, 3.63) is 78.4 Å². The number of amides is 2. The Bertz CT molecular complexity index is 673. The third kappa shape index (κ3) is 7.40. The van der Waals surface area contributed by atoms with Crippen LogP contribution in [0.3, 0.4) is 0 Å². The maximum Gasteiger partial charge on any atom is 0.221 e. The van der Waals surface area contributed by atoms with E-state index in [0.717, 1.165) is 11.1 Å². The van der Waals surface area contributed by atoms with Crippen molar-refractivity contribution in [3.63, 3.8) is 0 Å². The molecule has 0 heterocycles. The fraction of sp³-hybridized carbons (Fsp3) is 0.200. The Balaban J connectivity index is 0.000000443. The highest BCUT2D eigenvalue weighted by Gasteiger charge is 2.04. The molecule has 0 spiro atoms. The fourth-order valence-electron chi connectivity index (χ4n) is 2.05. The summed E-state index contributed by atoms with van der Waals surface area (Å²) in [6.07, 6.45) is 0. The molecule has 0 fully saturated rings. The predicted octanol–water partition coefficient (Wildman–Crippen LogP) is 3.92. The first-order valence-corrected chi connectivity index (χ1v) is 7.74. The second kappa shape index (κ2) is 10.0. The Labute approximate surface area is 145 Å². The van der Waals surface area contributed by atoms with E-state index < -0.39 is 0 Å². The van der Waals surface area contributed by atoms with E-state index in [1.165, 1.54) is 13.8 Å². The molecule has 2 amide bonds. The molecule has 4 heteroatoms. The molecule has 128 valence electrons. The van der Waals surface area contributed by atoms with Gasteiger partial charge < -0.3 is 10.6 Å². The van der Waals surface area contributed by atoms with Gasteiger partial charge in [0.25, 0.3) is 0 Å². The van der Waals surface area contributed by atoms with Gasteiger partial charge in [0.2, 0.25) is 11.8 Å². The largest absolute Gasteiger partial charge is 0.350 e. The van der Waals surface area contributed by atoms with Crippen LogP contribution in [0.2, 0.25) is 0 Å². The second-order valence-electron chi connectivity index (χ2n) is 5.36. The maximum absolute atomic E-state index is 10.7. The van der Waals surface area contributed by atoms with Crippen LogP contribution >= 0.6 is 0 Å². The van der Waals surface area contributed by atoms with Crippen LogP contribution in [-0.2, 0) is 9.59 Å². The molecular weight excluding hydrogens is 300 g/mol. The van der Waals surface area contributed by atoms with Crippen LogP contribution in [0.4, 0.5) is 0 Å². The van der Waals surface area contributed by atoms with Gasteiger partial charge >= 0.3 is 0 Å². The molecule has 1 unspecified atom stereocenters. The van der Waals surface area contributed by atoms with Crippen molar-refractivity contribution in [3.8, 4) is 0 Å². The van der Waals surface area contributed by atoms with Gasteiger partial charge in [-0.3, -0.25) is 9.59 Å². The molecule has 0 aliphatic rings. The number of hydrogen-bond acceptors (Lipinski definition) is 2. The van der Waals surface area contributed by atoms with E-state index in [2.05, 4.69) is 17.2 Å². The normalized spacial score (nSPS) is 10.6. The van der Waals surface area contributed by atoms with Crippen molar-refractivity contribution < 1.29 is 11.0 Å². The second-order valence-corrected chi connectivity index (χ2v) is 5.36. The summed E-state index contributed by atoms with van der Waals surface area (Å²) in [5.41, 5.74) is 2.71. The van der Waals surface area contributed by atoms with E-state index in [1.807, 2.05) is 67.6 Å². The summed E-state index contributed by atoms with van der Waals surface area (Å²) in [6, 6.07) is 19.5. The van der Waals surface area contributed by atoms with Gasteiger partial charge in [-0.05, 0) is 18.1 Å². The highest BCUT2D eigenvalue weighted by molar-refractivity contribution is 5.84. The van der Waals surface area contributed by atoms with Gasteiger partial charge in [0, 0.05) is 21.0 Å². The highest BCUT2D eigenvalue weighted by atomic mass is 16.2. The van der Waals surface area contributed by atoms with Crippen molar-refractivity contribution in [1.82, 2.24) is 10.6 Å². The van der Waals surface area contributed by atoms with E-state index in [1.54, 1.807) is 0 Å². The Morgan fingerprint density at radius 3 is 1.88 bits per heavy atom. The van der Waals surface area contributed by atoms with Gasteiger partial charge in [-0.15, -0.1) is 0 Å². The minimum absolute atomic E-state index is 0. The molecule has 2 rings (SSSR count). The van der Waals surface area contributed by atoms with E-state index in [0.29, 0.717) is 5.70 Å². The number of carbonyl (C=O) groups is 2. The van der Waals surface area contributed by atoms with Gasteiger partial charge in [-0.1, -0.05) is 67.2 Å². The molecule has 4 nitrogen and oxygen atoms in total. The smallest absolute Gasteiger partial charge is 0.221 e. The number of nitrogens with one attached hydrogen (secondary N) is 2. The average Bonchev–Trinajstić information content (AvgIpc) is 2.56. The lowest BCUT2D eigenvalue weighted by Crippen LogP contribution is -2.23. The number of carbonyl (C=O) groups excluding carboxylic acids is 2. The Morgan fingerprint density at radius 2 is 1.42 bits per heavy atom. The standard InChI is InChI=1S/C10H13NO.C10H11NO.H2/c2*1-8(11-9(2)12)10-6-4-3-5-7-10;/h3-8H,1-2H3,(H,11,12);3-7H,1H2,2H3,(H,11,12);1H. The van der Waals surface area contributed by atoms with E-state index >= 15 is 0 Å². The molecule has 0 saturated carbocycles. The first-order valence-electron chi connectivity index (χ1n) is 7.74. The Morgan fingerprint density at radius 1 is 0.917 bits per heavy atom. The predicted molar refractivity (Wildman–Crippen MR) is 100 cm³/mol. The number of benzene rings is 2. The van der Waals surface area contributed by atoms with Crippen molar-refractivity contribution in [2.75, 3.05) is 0 Å².